The maximum absolute atomic E-state index is 12.0. The number of anilines is 2. The molecule has 6 nitrogen and oxygen atoms in total. The van der Waals surface area contributed by atoms with Gasteiger partial charge in [0.25, 0.3) is 0 Å². The van der Waals surface area contributed by atoms with Crippen LogP contribution in [-0.2, 0) is 4.79 Å². The zero-order chi connectivity index (χ0) is 14.8. The lowest BCUT2D eigenvalue weighted by molar-refractivity contribution is -0.120. The van der Waals surface area contributed by atoms with Gasteiger partial charge in [-0.25, -0.2) is 4.79 Å². The van der Waals surface area contributed by atoms with Gasteiger partial charge < -0.3 is 10.2 Å². The maximum Gasteiger partial charge on any atom is 0.328 e. The largest absolute Gasteiger partial charge is 0.369 e. The van der Waals surface area contributed by atoms with E-state index in [4.69, 9.17) is 11.6 Å². The molecular weight excluding hydrogens is 292 g/mol. The molecule has 2 aliphatic rings. The topological polar surface area (TPSA) is 64.7 Å². The quantitative estimate of drug-likeness (QED) is 0.861. The third kappa shape index (κ3) is 2.96. The highest BCUT2D eigenvalue weighted by atomic mass is 35.5. The van der Waals surface area contributed by atoms with E-state index < -0.39 is 6.03 Å². The van der Waals surface area contributed by atoms with Crippen molar-refractivity contribution >= 4 is 34.9 Å². The Balaban J connectivity index is 1.87. The van der Waals surface area contributed by atoms with Gasteiger partial charge in [0, 0.05) is 44.8 Å². The van der Waals surface area contributed by atoms with E-state index in [0.29, 0.717) is 23.7 Å². The van der Waals surface area contributed by atoms with Crippen LogP contribution in [-0.4, -0.2) is 44.7 Å². The Hall–Kier alpha value is -1.79. The number of urea groups is 1. The molecule has 2 aliphatic heterocycles. The van der Waals surface area contributed by atoms with Crippen LogP contribution in [0.25, 0.3) is 0 Å². The predicted octanol–water partition coefficient (Wildman–Crippen LogP) is 1.20. The molecule has 3 amide bonds. The number of nitrogens with one attached hydrogen (secondary N) is 2. The number of carbonyl (C=O) groups is 2. The summed E-state index contributed by atoms with van der Waals surface area (Å²) in [5.41, 5.74) is 1.69. The minimum absolute atomic E-state index is 0.245. The van der Waals surface area contributed by atoms with Crippen LogP contribution < -0.4 is 20.4 Å². The van der Waals surface area contributed by atoms with Crippen molar-refractivity contribution in [2.24, 2.45) is 0 Å². The standard InChI is InChI=1S/C14H17ClN4O2/c15-11-2-1-10(18-7-4-16-5-8-18)9-12(11)19-6-3-13(20)17-14(19)21/h1-2,9,16H,3-8H2,(H,17,20,21). The fourth-order valence-corrected chi connectivity index (χ4v) is 2.84. The highest BCUT2D eigenvalue weighted by Crippen LogP contribution is 2.31. The van der Waals surface area contributed by atoms with E-state index in [1.165, 1.54) is 4.90 Å². The van der Waals surface area contributed by atoms with Crippen molar-refractivity contribution in [1.29, 1.82) is 0 Å². The molecular formula is C14H17ClN4O2. The Morgan fingerprint density at radius 2 is 1.86 bits per heavy atom. The number of hydrogen-bond acceptors (Lipinski definition) is 4. The summed E-state index contributed by atoms with van der Waals surface area (Å²) in [5.74, 6) is -0.245. The second kappa shape index (κ2) is 5.91. The highest BCUT2D eigenvalue weighted by molar-refractivity contribution is 6.34. The summed E-state index contributed by atoms with van der Waals surface area (Å²) in [6.45, 7) is 4.08. The van der Waals surface area contributed by atoms with E-state index in [2.05, 4.69) is 15.5 Å². The molecule has 2 N–H and O–H groups in total. The average Bonchev–Trinajstić information content (AvgIpc) is 2.49. The summed E-state index contributed by atoms with van der Waals surface area (Å²) in [6.07, 6.45) is 0.292. The van der Waals surface area contributed by atoms with Crippen LogP contribution in [0.3, 0.4) is 0 Å². The molecule has 0 unspecified atom stereocenters. The molecule has 2 saturated heterocycles. The van der Waals surface area contributed by atoms with E-state index >= 15 is 0 Å². The molecule has 1 aromatic carbocycles. The predicted molar refractivity (Wildman–Crippen MR) is 82.0 cm³/mol. The first-order valence-corrected chi connectivity index (χ1v) is 7.39. The molecule has 2 fully saturated rings. The summed E-state index contributed by atoms with van der Waals surface area (Å²) >= 11 is 6.23. The molecule has 2 heterocycles. The number of halogens is 1. The first-order chi connectivity index (χ1) is 10.1. The van der Waals surface area contributed by atoms with Gasteiger partial charge in [-0.1, -0.05) is 11.6 Å². The molecule has 0 spiro atoms. The summed E-state index contributed by atoms with van der Waals surface area (Å²) < 4.78 is 0. The third-order valence-corrected chi connectivity index (χ3v) is 4.08. The van der Waals surface area contributed by atoms with Gasteiger partial charge in [0.15, 0.2) is 0 Å². The van der Waals surface area contributed by atoms with Crippen molar-refractivity contribution in [3.8, 4) is 0 Å². The lowest BCUT2D eigenvalue weighted by Crippen LogP contribution is -2.49. The SMILES string of the molecule is O=C1CCN(c2cc(N3CCNCC3)ccc2Cl)C(=O)N1. The lowest BCUT2D eigenvalue weighted by Gasteiger charge is -2.32. The van der Waals surface area contributed by atoms with Gasteiger partial charge >= 0.3 is 6.03 Å². The van der Waals surface area contributed by atoms with Gasteiger partial charge in [-0.2, -0.15) is 0 Å². The van der Waals surface area contributed by atoms with Gasteiger partial charge in [0.1, 0.15) is 0 Å². The van der Waals surface area contributed by atoms with Crippen LogP contribution in [0.15, 0.2) is 18.2 Å². The first kappa shape index (κ1) is 14.2. The van der Waals surface area contributed by atoms with Gasteiger partial charge in [0.05, 0.1) is 10.7 Å². The molecule has 0 atom stereocenters. The number of piperazine rings is 1. The smallest absolute Gasteiger partial charge is 0.328 e. The van der Waals surface area contributed by atoms with E-state index in [1.54, 1.807) is 6.07 Å². The van der Waals surface area contributed by atoms with Crippen LogP contribution in [0.5, 0.6) is 0 Å². The molecule has 112 valence electrons. The van der Waals surface area contributed by atoms with E-state index in [9.17, 15) is 9.59 Å². The van der Waals surface area contributed by atoms with Crippen molar-refractivity contribution < 1.29 is 9.59 Å². The lowest BCUT2D eigenvalue weighted by atomic mass is 10.2. The second-order valence-corrected chi connectivity index (χ2v) is 5.53. The molecule has 1 aromatic rings. The number of benzene rings is 1. The molecule has 7 heteroatoms. The van der Waals surface area contributed by atoms with Gasteiger partial charge in [-0.05, 0) is 18.2 Å². The van der Waals surface area contributed by atoms with Crippen LogP contribution in [0, 0.1) is 0 Å². The third-order valence-electron chi connectivity index (χ3n) is 3.76. The Kier molecular flexibility index (Phi) is 3.98. The molecule has 0 aliphatic carbocycles. The molecule has 0 radical (unpaired) electrons. The van der Waals surface area contributed by atoms with Crippen molar-refractivity contribution in [1.82, 2.24) is 10.6 Å². The average molecular weight is 309 g/mol. The molecule has 21 heavy (non-hydrogen) atoms. The van der Waals surface area contributed by atoms with Gasteiger partial charge in [-0.3, -0.25) is 15.0 Å². The number of carbonyl (C=O) groups excluding carboxylic acids is 2. The minimum Gasteiger partial charge on any atom is -0.369 e. The highest BCUT2D eigenvalue weighted by Gasteiger charge is 2.26. The molecule has 0 bridgehead atoms. The van der Waals surface area contributed by atoms with Gasteiger partial charge in [0.2, 0.25) is 5.91 Å². The second-order valence-electron chi connectivity index (χ2n) is 5.13. The summed E-state index contributed by atoms with van der Waals surface area (Å²) in [4.78, 5) is 27.0. The number of amides is 3. The van der Waals surface area contributed by atoms with Crippen LogP contribution in [0.2, 0.25) is 5.02 Å². The van der Waals surface area contributed by atoms with Crippen molar-refractivity contribution in [2.75, 3.05) is 42.5 Å². The summed E-state index contributed by atoms with van der Waals surface area (Å²) in [6, 6.07) is 5.27. The first-order valence-electron chi connectivity index (χ1n) is 7.02. The Bertz CT molecular complexity index is 572. The van der Waals surface area contributed by atoms with E-state index in [0.717, 1.165) is 31.9 Å². The minimum atomic E-state index is -0.411. The zero-order valence-electron chi connectivity index (χ0n) is 11.6. The number of nitrogens with zero attached hydrogens (tertiary/aromatic N) is 2. The van der Waals surface area contributed by atoms with E-state index in [-0.39, 0.29) is 5.91 Å². The monoisotopic (exact) mass is 308 g/mol. The fourth-order valence-electron chi connectivity index (χ4n) is 2.62. The van der Waals surface area contributed by atoms with Gasteiger partial charge in [-0.15, -0.1) is 0 Å². The zero-order valence-corrected chi connectivity index (χ0v) is 12.3. The van der Waals surface area contributed by atoms with E-state index in [1.807, 2.05) is 12.1 Å². The van der Waals surface area contributed by atoms with Crippen molar-refractivity contribution in [2.45, 2.75) is 6.42 Å². The molecule has 0 aromatic heterocycles. The van der Waals surface area contributed by atoms with Crippen molar-refractivity contribution in [3.63, 3.8) is 0 Å². The maximum atomic E-state index is 12.0. The summed E-state index contributed by atoms with van der Waals surface area (Å²) in [5, 5.41) is 6.14. The molecule has 3 rings (SSSR count). The summed E-state index contributed by atoms with van der Waals surface area (Å²) in [7, 11) is 0. The number of hydrogen-bond donors (Lipinski definition) is 2. The van der Waals surface area contributed by atoms with Crippen molar-refractivity contribution in [3.05, 3.63) is 23.2 Å². The molecule has 0 saturated carbocycles. The fraction of sp³-hybridized carbons (Fsp3) is 0.429. The Labute approximate surface area is 128 Å². The van der Waals surface area contributed by atoms with Crippen LogP contribution in [0.1, 0.15) is 6.42 Å². The van der Waals surface area contributed by atoms with Crippen LogP contribution >= 0.6 is 11.6 Å². The Morgan fingerprint density at radius 1 is 1.10 bits per heavy atom. The number of rotatable bonds is 2. The van der Waals surface area contributed by atoms with Crippen LogP contribution in [0.4, 0.5) is 16.2 Å². The normalized spacial score (nSPS) is 19.7. The Morgan fingerprint density at radius 3 is 2.57 bits per heavy atom. The number of imide groups is 1.